The van der Waals surface area contributed by atoms with E-state index >= 15 is 0 Å². The summed E-state index contributed by atoms with van der Waals surface area (Å²) in [5, 5.41) is 6.43. The van der Waals surface area contributed by atoms with Crippen LogP contribution in [0.4, 0.5) is 5.69 Å². The number of rotatable bonds is 4. The molecule has 1 aliphatic heterocycles. The van der Waals surface area contributed by atoms with E-state index in [0.29, 0.717) is 33.5 Å². The van der Waals surface area contributed by atoms with Crippen LogP contribution >= 0.6 is 23.4 Å². The molecule has 0 spiro atoms. The van der Waals surface area contributed by atoms with Crippen molar-refractivity contribution in [1.29, 1.82) is 0 Å². The second-order valence-corrected chi connectivity index (χ2v) is 8.88. The van der Waals surface area contributed by atoms with E-state index in [1.54, 1.807) is 25.1 Å². The van der Waals surface area contributed by atoms with Gasteiger partial charge in [0.25, 0.3) is 11.8 Å². The normalized spacial score (nSPS) is 18.3. The summed E-state index contributed by atoms with van der Waals surface area (Å²) in [6, 6.07) is 13.0. The van der Waals surface area contributed by atoms with Crippen LogP contribution in [0, 0.1) is 0 Å². The number of aryl methyl sites for hydroxylation is 1. The van der Waals surface area contributed by atoms with Crippen molar-refractivity contribution in [2.24, 2.45) is 0 Å². The second kappa shape index (κ2) is 9.14. The smallest absolute Gasteiger partial charge is 0.265 e. The van der Waals surface area contributed by atoms with Gasteiger partial charge >= 0.3 is 0 Å². The topological polar surface area (TPSA) is 67.4 Å². The van der Waals surface area contributed by atoms with Gasteiger partial charge in [-0.2, -0.15) is 0 Å². The summed E-state index contributed by atoms with van der Waals surface area (Å²) in [4.78, 5) is 26.4. The molecule has 1 heterocycles. The number of amides is 2. The van der Waals surface area contributed by atoms with Gasteiger partial charge in [0, 0.05) is 10.8 Å². The molecule has 2 aromatic rings. The summed E-state index contributed by atoms with van der Waals surface area (Å²) < 4.78 is 5.48. The van der Waals surface area contributed by atoms with Crippen LogP contribution in [-0.2, 0) is 16.0 Å². The minimum absolute atomic E-state index is 0.0581. The minimum Gasteiger partial charge on any atom is -0.496 e. The van der Waals surface area contributed by atoms with E-state index < -0.39 is 0 Å². The molecule has 0 radical (unpaired) electrons. The molecule has 1 aliphatic carbocycles. The number of benzene rings is 2. The molecule has 0 unspecified atom stereocenters. The van der Waals surface area contributed by atoms with Crippen molar-refractivity contribution in [3.8, 4) is 0 Å². The molecule has 0 bridgehead atoms. The average Bonchev–Trinajstić information content (AvgIpc) is 2.75. The maximum atomic E-state index is 13.2. The predicted octanol–water partition coefficient (Wildman–Crippen LogP) is 5.08. The SMILES string of the molecule is CC1=C(C(=O)Nc2ccc(Cl)cc2C(=O)N[C@H]2CCCc3ccccc32)SCCO1. The summed E-state index contributed by atoms with van der Waals surface area (Å²) in [5.41, 5.74) is 3.20. The number of nitrogens with one attached hydrogen (secondary N) is 2. The highest BCUT2D eigenvalue weighted by Gasteiger charge is 2.25. The van der Waals surface area contributed by atoms with Crippen molar-refractivity contribution >= 4 is 40.9 Å². The van der Waals surface area contributed by atoms with E-state index in [9.17, 15) is 9.59 Å². The maximum absolute atomic E-state index is 13.2. The van der Waals surface area contributed by atoms with E-state index in [4.69, 9.17) is 16.3 Å². The fourth-order valence-corrected chi connectivity index (χ4v) is 4.85. The number of allylic oxidation sites excluding steroid dienone is 1. The molecule has 30 heavy (non-hydrogen) atoms. The maximum Gasteiger partial charge on any atom is 0.265 e. The molecule has 0 fully saturated rings. The zero-order chi connectivity index (χ0) is 21.1. The third-order valence-electron chi connectivity index (χ3n) is 5.32. The van der Waals surface area contributed by atoms with Gasteiger partial charge in [0.15, 0.2) is 0 Å². The lowest BCUT2D eigenvalue weighted by atomic mass is 9.87. The van der Waals surface area contributed by atoms with Crippen LogP contribution in [0.3, 0.4) is 0 Å². The Hall–Kier alpha value is -2.44. The Labute approximate surface area is 185 Å². The Morgan fingerprint density at radius 3 is 2.83 bits per heavy atom. The van der Waals surface area contributed by atoms with Crippen molar-refractivity contribution in [2.75, 3.05) is 17.7 Å². The predicted molar refractivity (Wildman–Crippen MR) is 121 cm³/mol. The Kier molecular flexibility index (Phi) is 6.35. The third-order valence-corrected chi connectivity index (χ3v) is 6.69. The highest BCUT2D eigenvalue weighted by Crippen LogP contribution is 2.31. The van der Waals surface area contributed by atoms with E-state index in [0.717, 1.165) is 30.6 Å². The molecular formula is C23H23ClN2O3S. The first kappa shape index (κ1) is 20.8. The van der Waals surface area contributed by atoms with Crippen molar-refractivity contribution in [3.63, 3.8) is 0 Å². The fourth-order valence-electron chi connectivity index (χ4n) is 3.86. The average molecular weight is 443 g/mol. The molecule has 0 saturated heterocycles. The first-order valence-corrected chi connectivity index (χ1v) is 11.4. The van der Waals surface area contributed by atoms with Gasteiger partial charge in [0.1, 0.15) is 10.7 Å². The Bertz CT molecular complexity index is 1020. The van der Waals surface area contributed by atoms with Crippen LogP contribution < -0.4 is 10.6 Å². The van der Waals surface area contributed by atoms with Gasteiger partial charge in [0.05, 0.1) is 23.9 Å². The van der Waals surface area contributed by atoms with Crippen LogP contribution in [0.15, 0.2) is 53.1 Å². The quantitative estimate of drug-likeness (QED) is 0.692. The lowest BCUT2D eigenvalue weighted by molar-refractivity contribution is -0.112. The van der Waals surface area contributed by atoms with Crippen molar-refractivity contribution in [3.05, 3.63) is 74.8 Å². The number of carbonyl (C=O) groups excluding carboxylic acids is 2. The summed E-state index contributed by atoms with van der Waals surface area (Å²) >= 11 is 7.62. The van der Waals surface area contributed by atoms with Crippen LogP contribution in [0.1, 0.15) is 47.3 Å². The number of ether oxygens (including phenoxy) is 1. The molecule has 4 rings (SSSR count). The number of fused-ring (bicyclic) bond motifs is 1. The number of anilines is 1. The van der Waals surface area contributed by atoms with E-state index in [1.165, 1.54) is 17.3 Å². The van der Waals surface area contributed by atoms with Gasteiger partial charge < -0.3 is 15.4 Å². The van der Waals surface area contributed by atoms with Crippen LogP contribution in [0.25, 0.3) is 0 Å². The number of thioether (sulfide) groups is 1. The van der Waals surface area contributed by atoms with E-state index in [-0.39, 0.29) is 17.9 Å². The van der Waals surface area contributed by atoms with Crippen molar-refractivity contribution in [1.82, 2.24) is 5.32 Å². The lowest BCUT2D eigenvalue weighted by Crippen LogP contribution is -2.32. The van der Waals surface area contributed by atoms with Gasteiger partial charge in [-0.25, -0.2) is 0 Å². The Morgan fingerprint density at radius 1 is 1.17 bits per heavy atom. The molecule has 0 saturated carbocycles. The lowest BCUT2D eigenvalue weighted by Gasteiger charge is -2.26. The molecule has 5 nitrogen and oxygen atoms in total. The van der Waals surface area contributed by atoms with Gasteiger partial charge in [-0.15, -0.1) is 11.8 Å². The molecule has 2 N–H and O–H groups in total. The number of halogens is 1. The first-order valence-electron chi connectivity index (χ1n) is 9.99. The number of carbonyl (C=O) groups is 2. The zero-order valence-corrected chi connectivity index (χ0v) is 18.2. The Morgan fingerprint density at radius 2 is 2.00 bits per heavy atom. The van der Waals surface area contributed by atoms with Crippen molar-refractivity contribution in [2.45, 2.75) is 32.2 Å². The highest BCUT2D eigenvalue weighted by molar-refractivity contribution is 8.04. The van der Waals surface area contributed by atoms with Crippen LogP contribution in [0.5, 0.6) is 0 Å². The highest BCUT2D eigenvalue weighted by atomic mass is 35.5. The molecular weight excluding hydrogens is 420 g/mol. The van der Waals surface area contributed by atoms with E-state index in [1.807, 2.05) is 12.1 Å². The molecule has 2 aliphatic rings. The van der Waals surface area contributed by atoms with Crippen molar-refractivity contribution < 1.29 is 14.3 Å². The first-order chi connectivity index (χ1) is 14.5. The molecule has 1 atom stereocenters. The third kappa shape index (κ3) is 4.50. The number of hydrogen-bond acceptors (Lipinski definition) is 4. The largest absolute Gasteiger partial charge is 0.496 e. The molecule has 2 aromatic carbocycles. The van der Waals surface area contributed by atoms with Gasteiger partial charge in [0.2, 0.25) is 0 Å². The van der Waals surface area contributed by atoms with E-state index in [2.05, 4.69) is 22.8 Å². The molecule has 7 heteroatoms. The summed E-state index contributed by atoms with van der Waals surface area (Å²) in [6.45, 7) is 2.36. The Balaban J connectivity index is 1.56. The molecule has 156 valence electrons. The standard InChI is InChI=1S/C23H23ClN2O3S/c1-14-21(30-12-11-29-14)23(28)26-20-10-9-16(24)13-18(20)22(27)25-19-8-4-6-15-5-2-3-7-17(15)19/h2-3,5,7,9-10,13,19H,4,6,8,11-12H2,1H3,(H,25,27)(H,26,28)/t19-/m0/s1. The number of hydrogen-bond donors (Lipinski definition) is 2. The zero-order valence-electron chi connectivity index (χ0n) is 16.7. The minimum atomic E-state index is -0.281. The summed E-state index contributed by atoms with van der Waals surface area (Å²) in [6.07, 6.45) is 2.92. The molecule has 0 aromatic heterocycles. The van der Waals surface area contributed by atoms with Gasteiger partial charge in [-0.05, 0) is 55.5 Å². The second-order valence-electron chi connectivity index (χ2n) is 7.34. The van der Waals surface area contributed by atoms with Crippen LogP contribution in [-0.4, -0.2) is 24.2 Å². The molecule has 2 amide bonds. The van der Waals surface area contributed by atoms with Crippen LogP contribution in [0.2, 0.25) is 5.02 Å². The fraction of sp³-hybridized carbons (Fsp3) is 0.304. The van der Waals surface area contributed by atoms with Gasteiger partial charge in [-0.3, -0.25) is 9.59 Å². The van der Waals surface area contributed by atoms with Gasteiger partial charge in [-0.1, -0.05) is 35.9 Å². The monoisotopic (exact) mass is 442 g/mol. The summed E-state index contributed by atoms with van der Waals surface area (Å²) in [7, 11) is 0. The summed E-state index contributed by atoms with van der Waals surface area (Å²) in [5.74, 6) is 0.779.